The lowest BCUT2D eigenvalue weighted by Gasteiger charge is -2.21. The Kier molecular flexibility index (Phi) is 3.42. The molecular formula is C13H17N3O5. The summed E-state index contributed by atoms with van der Waals surface area (Å²) in [6.45, 7) is 3.19. The lowest BCUT2D eigenvalue weighted by Crippen LogP contribution is -2.40. The number of rotatable bonds is 3. The predicted octanol–water partition coefficient (Wildman–Crippen LogP) is -0.419. The van der Waals surface area contributed by atoms with Gasteiger partial charge in [0.2, 0.25) is 0 Å². The zero-order valence-corrected chi connectivity index (χ0v) is 11.7. The summed E-state index contributed by atoms with van der Waals surface area (Å²) in [7, 11) is 0. The van der Waals surface area contributed by atoms with Crippen LogP contribution in [-0.4, -0.2) is 45.5 Å². The van der Waals surface area contributed by atoms with E-state index < -0.39 is 24.5 Å². The molecule has 8 heteroatoms. The number of carbonyl (C=O) groups is 1. The zero-order chi connectivity index (χ0) is 15.1. The zero-order valence-electron chi connectivity index (χ0n) is 11.7. The summed E-state index contributed by atoms with van der Waals surface area (Å²) in [4.78, 5) is 15.8. The molecule has 0 spiro atoms. The van der Waals surface area contributed by atoms with Crippen LogP contribution in [0.25, 0.3) is 0 Å². The van der Waals surface area contributed by atoms with E-state index in [0.29, 0.717) is 0 Å². The molecule has 4 atom stereocenters. The molecule has 2 aliphatic heterocycles. The minimum atomic E-state index is -0.703. The normalized spacial score (nSPS) is 29.9. The molecule has 0 radical (unpaired) electrons. The molecule has 8 nitrogen and oxygen atoms in total. The third-order valence-electron chi connectivity index (χ3n) is 3.53. The number of aliphatic hydroxyl groups is 1. The largest absolute Gasteiger partial charge is 0.455 e. The van der Waals surface area contributed by atoms with Crippen molar-refractivity contribution in [3.05, 3.63) is 17.8 Å². The van der Waals surface area contributed by atoms with Gasteiger partial charge in [0.25, 0.3) is 0 Å². The van der Waals surface area contributed by atoms with Gasteiger partial charge in [0.1, 0.15) is 6.10 Å². The average molecular weight is 295 g/mol. The van der Waals surface area contributed by atoms with Gasteiger partial charge in [-0.25, -0.2) is 0 Å². The van der Waals surface area contributed by atoms with Crippen LogP contribution in [0, 0.1) is 11.3 Å². The molecule has 0 aliphatic carbocycles. The molecule has 0 bridgehead atoms. The Balaban J connectivity index is 1.86. The molecule has 2 N–H and O–H groups in total. The van der Waals surface area contributed by atoms with E-state index in [4.69, 9.17) is 19.6 Å². The standard InChI is InChI=1S/C13H17N3O5/c1-6(2)12(18)20-9-7(5-17)19-11-10(9)21-13-15-8(14)3-4-16(11)13/h3-4,6-7,9-11,14,17H,5H2,1-2H3/t7-,9-,10+,11-/m1/s1. The van der Waals surface area contributed by atoms with Crippen molar-refractivity contribution < 1.29 is 24.1 Å². The number of hydrogen-bond donors (Lipinski definition) is 2. The lowest BCUT2D eigenvalue weighted by atomic mass is 10.1. The number of fused-ring (bicyclic) bond motifs is 3. The second-order valence-electron chi connectivity index (χ2n) is 5.39. The first kappa shape index (κ1) is 14.0. The van der Waals surface area contributed by atoms with Gasteiger partial charge in [0.15, 0.2) is 23.9 Å². The molecule has 3 rings (SSSR count). The highest BCUT2D eigenvalue weighted by molar-refractivity contribution is 5.71. The second kappa shape index (κ2) is 5.12. The molecule has 2 aliphatic rings. The molecule has 114 valence electrons. The van der Waals surface area contributed by atoms with E-state index in [2.05, 4.69) is 4.98 Å². The highest BCUT2D eigenvalue weighted by Gasteiger charge is 2.53. The summed E-state index contributed by atoms with van der Waals surface area (Å²) in [5.41, 5.74) is 0.0793. The number of carbonyl (C=O) groups excluding carboxylic acids is 1. The first-order valence-corrected chi connectivity index (χ1v) is 6.78. The summed E-state index contributed by atoms with van der Waals surface area (Å²) in [6.07, 6.45) is -0.796. The summed E-state index contributed by atoms with van der Waals surface area (Å²) >= 11 is 0. The Bertz CT molecular complexity index is 614. The first-order valence-electron chi connectivity index (χ1n) is 6.78. The molecule has 0 unspecified atom stereocenters. The molecule has 1 aromatic rings. The van der Waals surface area contributed by atoms with E-state index in [1.54, 1.807) is 24.6 Å². The second-order valence-corrected chi connectivity index (χ2v) is 5.39. The van der Waals surface area contributed by atoms with Crippen molar-refractivity contribution in [2.45, 2.75) is 38.4 Å². The smallest absolute Gasteiger partial charge is 0.308 e. The van der Waals surface area contributed by atoms with Crippen molar-refractivity contribution >= 4 is 5.97 Å². The van der Waals surface area contributed by atoms with Gasteiger partial charge in [-0.2, -0.15) is 4.98 Å². The number of nitrogens with zero attached hydrogens (tertiary/aromatic N) is 2. The van der Waals surface area contributed by atoms with Crippen molar-refractivity contribution in [3.63, 3.8) is 0 Å². The monoisotopic (exact) mass is 295 g/mol. The van der Waals surface area contributed by atoms with Crippen molar-refractivity contribution in [1.82, 2.24) is 9.55 Å². The molecule has 1 saturated heterocycles. The molecule has 3 heterocycles. The minimum Gasteiger partial charge on any atom is -0.455 e. The number of ether oxygens (including phenoxy) is 3. The van der Waals surface area contributed by atoms with Crippen LogP contribution in [0.2, 0.25) is 0 Å². The van der Waals surface area contributed by atoms with Gasteiger partial charge in [-0.1, -0.05) is 13.8 Å². The van der Waals surface area contributed by atoms with Crippen LogP contribution >= 0.6 is 0 Å². The molecule has 0 aromatic carbocycles. The summed E-state index contributed by atoms with van der Waals surface area (Å²) < 4.78 is 18.4. The molecule has 21 heavy (non-hydrogen) atoms. The van der Waals surface area contributed by atoms with Gasteiger partial charge in [-0.15, -0.1) is 0 Å². The van der Waals surface area contributed by atoms with Gasteiger partial charge >= 0.3 is 12.0 Å². The quantitative estimate of drug-likeness (QED) is 0.734. The van der Waals surface area contributed by atoms with Gasteiger partial charge in [0, 0.05) is 6.20 Å². The third-order valence-corrected chi connectivity index (χ3v) is 3.53. The van der Waals surface area contributed by atoms with Gasteiger partial charge in [-0.3, -0.25) is 14.8 Å². The van der Waals surface area contributed by atoms with Crippen LogP contribution < -0.4 is 10.2 Å². The molecule has 1 aromatic heterocycles. The number of aromatic nitrogens is 2. The Labute approximate surface area is 120 Å². The van der Waals surface area contributed by atoms with Crippen molar-refractivity contribution in [2.24, 2.45) is 5.92 Å². The van der Waals surface area contributed by atoms with Crippen LogP contribution in [-0.2, 0) is 14.3 Å². The van der Waals surface area contributed by atoms with Crippen LogP contribution in [0.15, 0.2) is 12.3 Å². The number of nitrogens with one attached hydrogen (secondary N) is 1. The Hall–Kier alpha value is -1.93. The van der Waals surface area contributed by atoms with Gasteiger partial charge < -0.3 is 19.3 Å². The molecular weight excluding hydrogens is 278 g/mol. The highest BCUT2D eigenvalue weighted by Crippen LogP contribution is 2.40. The summed E-state index contributed by atoms with van der Waals surface area (Å²) in [5.74, 6) is -0.654. The summed E-state index contributed by atoms with van der Waals surface area (Å²) in [5, 5.41) is 16.9. The molecule has 1 fully saturated rings. The van der Waals surface area contributed by atoms with Crippen LogP contribution in [0.3, 0.4) is 0 Å². The lowest BCUT2D eigenvalue weighted by molar-refractivity contribution is -0.160. The van der Waals surface area contributed by atoms with Crippen LogP contribution in [0.1, 0.15) is 20.1 Å². The topological polar surface area (TPSA) is 107 Å². The van der Waals surface area contributed by atoms with E-state index in [0.717, 1.165) is 0 Å². The summed E-state index contributed by atoms with van der Waals surface area (Å²) in [6, 6.07) is 1.76. The maximum Gasteiger partial charge on any atom is 0.308 e. The van der Waals surface area contributed by atoms with E-state index >= 15 is 0 Å². The highest BCUT2D eigenvalue weighted by atomic mass is 16.7. The minimum absolute atomic E-state index is 0.0793. The van der Waals surface area contributed by atoms with E-state index in [9.17, 15) is 9.90 Å². The maximum atomic E-state index is 11.8. The molecule has 0 amide bonds. The van der Waals surface area contributed by atoms with E-state index in [1.807, 2.05) is 0 Å². The van der Waals surface area contributed by atoms with Crippen molar-refractivity contribution in [1.29, 1.82) is 5.41 Å². The number of esters is 1. The van der Waals surface area contributed by atoms with Gasteiger partial charge in [0.05, 0.1) is 12.5 Å². The fourth-order valence-electron chi connectivity index (χ4n) is 2.43. The van der Waals surface area contributed by atoms with E-state index in [1.165, 1.54) is 6.07 Å². The van der Waals surface area contributed by atoms with Crippen LogP contribution in [0.4, 0.5) is 0 Å². The third kappa shape index (κ3) is 2.30. The fourth-order valence-corrected chi connectivity index (χ4v) is 2.43. The van der Waals surface area contributed by atoms with Crippen molar-refractivity contribution in [2.75, 3.05) is 6.61 Å². The molecule has 0 saturated carbocycles. The Morgan fingerprint density at radius 2 is 2.38 bits per heavy atom. The number of hydrogen-bond acceptors (Lipinski definition) is 7. The number of aliphatic hydroxyl groups excluding tert-OH is 1. The fraction of sp³-hybridized carbons (Fsp3) is 0.615. The predicted molar refractivity (Wildman–Crippen MR) is 68.2 cm³/mol. The Morgan fingerprint density at radius 1 is 1.62 bits per heavy atom. The first-order chi connectivity index (χ1) is 10.0. The van der Waals surface area contributed by atoms with Crippen LogP contribution in [0.5, 0.6) is 6.01 Å². The van der Waals surface area contributed by atoms with E-state index in [-0.39, 0.29) is 30.0 Å². The van der Waals surface area contributed by atoms with Gasteiger partial charge in [-0.05, 0) is 6.07 Å². The average Bonchev–Trinajstić information content (AvgIpc) is 2.94. The van der Waals surface area contributed by atoms with Crippen molar-refractivity contribution in [3.8, 4) is 6.01 Å². The maximum absolute atomic E-state index is 11.8. The SMILES string of the molecule is CC(C)C(=O)O[C@H]1[C@@H]2Oc3nc(=N)ccn3[C@@H]2O[C@@H]1CO. The Morgan fingerprint density at radius 3 is 3.05 bits per heavy atom.